The van der Waals surface area contributed by atoms with Gasteiger partial charge in [0, 0.05) is 17.6 Å². The molecule has 0 saturated heterocycles. The number of hydrogen-bond acceptors (Lipinski definition) is 2. The summed E-state index contributed by atoms with van der Waals surface area (Å²) in [5.41, 5.74) is 1.21. The van der Waals surface area contributed by atoms with Crippen molar-refractivity contribution in [2.24, 2.45) is 0 Å². The molecule has 1 N–H and O–H groups in total. The molecule has 1 heterocycles. The van der Waals surface area contributed by atoms with Crippen molar-refractivity contribution in [3.63, 3.8) is 0 Å². The topological polar surface area (TPSA) is 28.7 Å². The van der Waals surface area contributed by atoms with E-state index in [-0.39, 0.29) is 0 Å². The fourth-order valence-corrected chi connectivity index (χ4v) is 1.16. The Kier molecular flexibility index (Phi) is 2.64. The zero-order chi connectivity index (χ0) is 6.53. The summed E-state index contributed by atoms with van der Waals surface area (Å²) in [7, 11) is 0. The van der Waals surface area contributed by atoms with Gasteiger partial charge in [-0.15, -0.1) is 0 Å². The van der Waals surface area contributed by atoms with E-state index in [1.54, 1.807) is 6.20 Å². The van der Waals surface area contributed by atoms with Gasteiger partial charge < -0.3 is 0 Å². The summed E-state index contributed by atoms with van der Waals surface area (Å²) in [4.78, 5) is 0. The molecule has 0 saturated carbocycles. The molecule has 50 valence electrons. The normalized spacial score (nSPS) is 9.89. The van der Waals surface area contributed by atoms with Gasteiger partial charge in [-0.1, -0.05) is 6.92 Å². The van der Waals surface area contributed by atoms with E-state index in [1.165, 1.54) is 11.4 Å². The second-order valence-corrected chi connectivity index (χ2v) is 2.99. The predicted octanol–water partition coefficient (Wildman–Crippen LogP) is 1.66. The number of thioether (sulfide) groups is 1. The van der Waals surface area contributed by atoms with Crippen molar-refractivity contribution < 1.29 is 0 Å². The maximum absolute atomic E-state index is 3.84. The molecule has 0 unspecified atom stereocenters. The number of H-pyrrole nitrogens is 1. The lowest BCUT2D eigenvalue weighted by Gasteiger charge is -1.90. The Bertz CT molecular complexity index is 148. The van der Waals surface area contributed by atoms with E-state index in [2.05, 4.69) is 17.1 Å². The number of rotatable bonds is 3. The third-order valence-corrected chi connectivity index (χ3v) is 1.94. The number of nitrogens with zero attached hydrogens (tertiary/aromatic N) is 1. The highest BCUT2D eigenvalue weighted by molar-refractivity contribution is 7.98. The number of aromatic amines is 1. The molecule has 3 heteroatoms. The first-order valence-electron chi connectivity index (χ1n) is 2.99. The van der Waals surface area contributed by atoms with Crippen LogP contribution in [0.5, 0.6) is 0 Å². The van der Waals surface area contributed by atoms with Gasteiger partial charge >= 0.3 is 0 Å². The van der Waals surface area contributed by atoms with Crippen LogP contribution in [0.2, 0.25) is 0 Å². The monoisotopic (exact) mass is 142 g/mol. The second kappa shape index (κ2) is 3.56. The molecule has 0 spiro atoms. The molecular formula is C6H10N2S. The third kappa shape index (κ3) is 2.10. The van der Waals surface area contributed by atoms with Crippen LogP contribution in [-0.2, 0) is 5.75 Å². The molecule has 2 nitrogen and oxygen atoms in total. The summed E-state index contributed by atoms with van der Waals surface area (Å²) in [5.74, 6) is 2.22. The minimum absolute atomic E-state index is 1.05. The number of hydrogen-bond donors (Lipinski definition) is 1. The first kappa shape index (κ1) is 6.68. The Morgan fingerprint density at radius 2 is 2.67 bits per heavy atom. The number of aromatic nitrogens is 2. The van der Waals surface area contributed by atoms with Crippen molar-refractivity contribution in [3.8, 4) is 0 Å². The van der Waals surface area contributed by atoms with E-state index < -0.39 is 0 Å². The van der Waals surface area contributed by atoms with Gasteiger partial charge in [-0.25, -0.2) is 0 Å². The van der Waals surface area contributed by atoms with Crippen molar-refractivity contribution in [2.75, 3.05) is 5.75 Å². The summed E-state index contributed by atoms with van der Waals surface area (Å²) in [6.07, 6.45) is 1.78. The molecule has 0 radical (unpaired) electrons. The minimum atomic E-state index is 1.05. The van der Waals surface area contributed by atoms with Gasteiger partial charge in [0.15, 0.2) is 0 Å². The molecular weight excluding hydrogens is 132 g/mol. The average molecular weight is 142 g/mol. The lowest BCUT2D eigenvalue weighted by atomic mass is 10.5. The molecule has 0 aliphatic heterocycles. The van der Waals surface area contributed by atoms with Crippen molar-refractivity contribution in [3.05, 3.63) is 18.0 Å². The SMILES string of the molecule is CCSCc1ccn[nH]1. The van der Waals surface area contributed by atoms with Gasteiger partial charge in [-0.05, 0) is 11.8 Å². The summed E-state index contributed by atoms with van der Waals surface area (Å²) in [6.45, 7) is 2.15. The first-order chi connectivity index (χ1) is 4.43. The van der Waals surface area contributed by atoms with Crippen molar-refractivity contribution in [1.29, 1.82) is 0 Å². The molecule has 0 aliphatic rings. The minimum Gasteiger partial charge on any atom is -0.282 e. The van der Waals surface area contributed by atoms with E-state index in [9.17, 15) is 0 Å². The fraction of sp³-hybridized carbons (Fsp3) is 0.500. The Balaban J connectivity index is 2.30. The van der Waals surface area contributed by atoms with Crippen molar-refractivity contribution in [2.45, 2.75) is 12.7 Å². The van der Waals surface area contributed by atoms with Crippen LogP contribution in [0.25, 0.3) is 0 Å². The van der Waals surface area contributed by atoms with E-state index in [0.29, 0.717) is 0 Å². The molecule has 1 aromatic rings. The maximum Gasteiger partial charge on any atom is 0.0490 e. The lowest BCUT2D eigenvalue weighted by Crippen LogP contribution is -1.79. The van der Waals surface area contributed by atoms with Crippen LogP contribution in [0.3, 0.4) is 0 Å². The van der Waals surface area contributed by atoms with Crippen molar-refractivity contribution >= 4 is 11.8 Å². The molecule has 0 aliphatic carbocycles. The highest BCUT2D eigenvalue weighted by Gasteiger charge is 1.89. The van der Waals surface area contributed by atoms with Gasteiger partial charge in [0.2, 0.25) is 0 Å². The largest absolute Gasteiger partial charge is 0.282 e. The zero-order valence-corrected chi connectivity index (χ0v) is 6.24. The van der Waals surface area contributed by atoms with Gasteiger partial charge in [0.1, 0.15) is 0 Å². The van der Waals surface area contributed by atoms with E-state index in [1.807, 2.05) is 17.8 Å². The Hall–Kier alpha value is -0.440. The molecule has 0 aromatic carbocycles. The average Bonchev–Trinajstić information content (AvgIpc) is 2.34. The van der Waals surface area contributed by atoms with Crippen LogP contribution >= 0.6 is 11.8 Å². The van der Waals surface area contributed by atoms with Gasteiger partial charge in [-0.3, -0.25) is 5.10 Å². The summed E-state index contributed by atoms with van der Waals surface area (Å²) in [5, 5.41) is 6.74. The van der Waals surface area contributed by atoms with Crippen LogP contribution in [0.1, 0.15) is 12.6 Å². The van der Waals surface area contributed by atoms with Crippen LogP contribution in [0.15, 0.2) is 12.3 Å². The molecule has 1 aromatic heterocycles. The summed E-state index contributed by atoms with van der Waals surface area (Å²) < 4.78 is 0. The number of nitrogens with one attached hydrogen (secondary N) is 1. The van der Waals surface area contributed by atoms with Crippen LogP contribution in [0, 0.1) is 0 Å². The predicted molar refractivity (Wildman–Crippen MR) is 40.4 cm³/mol. The van der Waals surface area contributed by atoms with E-state index >= 15 is 0 Å². The van der Waals surface area contributed by atoms with Crippen LogP contribution < -0.4 is 0 Å². The summed E-state index contributed by atoms with van der Waals surface area (Å²) in [6, 6.07) is 2.00. The Labute approximate surface area is 59.0 Å². The summed E-state index contributed by atoms with van der Waals surface area (Å²) >= 11 is 1.89. The quantitative estimate of drug-likeness (QED) is 0.695. The second-order valence-electron chi connectivity index (χ2n) is 1.72. The van der Waals surface area contributed by atoms with E-state index in [0.717, 1.165) is 5.75 Å². The van der Waals surface area contributed by atoms with Crippen LogP contribution in [-0.4, -0.2) is 16.0 Å². The van der Waals surface area contributed by atoms with Crippen LogP contribution in [0.4, 0.5) is 0 Å². The molecule has 0 amide bonds. The Morgan fingerprint density at radius 1 is 1.78 bits per heavy atom. The molecule has 0 bridgehead atoms. The van der Waals surface area contributed by atoms with Gasteiger partial charge in [-0.2, -0.15) is 16.9 Å². The first-order valence-corrected chi connectivity index (χ1v) is 4.15. The zero-order valence-electron chi connectivity index (χ0n) is 5.42. The standard InChI is InChI=1S/C6H10N2S/c1-2-9-5-6-3-4-7-8-6/h3-4H,2,5H2,1H3,(H,7,8). The van der Waals surface area contributed by atoms with Crippen molar-refractivity contribution in [1.82, 2.24) is 10.2 Å². The molecule has 9 heavy (non-hydrogen) atoms. The molecule has 1 rings (SSSR count). The van der Waals surface area contributed by atoms with E-state index in [4.69, 9.17) is 0 Å². The maximum atomic E-state index is 3.84. The molecule has 0 fully saturated rings. The fourth-order valence-electron chi connectivity index (χ4n) is 0.577. The lowest BCUT2D eigenvalue weighted by molar-refractivity contribution is 1.04. The van der Waals surface area contributed by atoms with Gasteiger partial charge in [0.25, 0.3) is 0 Å². The Morgan fingerprint density at radius 3 is 3.22 bits per heavy atom. The highest BCUT2D eigenvalue weighted by Crippen LogP contribution is 2.06. The highest BCUT2D eigenvalue weighted by atomic mass is 32.2. The third-order valence-electron chi connectivity index (χ3n) is 1.02. The smallest absolute Gasteiger partial charge is 0.0490 e. The van der Waals surface area contributed by atoms with Gasteiger partial charge in [0.05, 0.1) is 0 Å². The molecule has 0 atom stereocenters.